The molecule has 0 amide bonds. The zero-order chi connectivity index (χ0) is 27.8. The zero-order valence-electron chi connectivity index (χ0n) is 17.1. The molecule has 1 aliphatic carbocycles. The molecule has 1 aliphatic rings. The molecule has 192 valence electrons. The van der Waals surface area contributed by atoms with Gasteiger partial charge in [0.15, 0.2) is 11.6 Å². The maximum atomic E-state index is 12.8. The molecule has 0 bridgehead atoms. The first kappa shape index (κ1) is 29.1. The predicted octanol–water partition coefficient (Wildman–Crippen LogP) is 5.70. The van der Waals surface area contributed by atoms with Crippen LogP contribution in [0.5, 0.6) is 0 Å². The molecule has 3 rings (SSSR count). The Morgan fingerprint density at radius 3 is 1.25 bits per heavy atom. The van der Waals surface area contributed by atoms with E-state index in [1.807, 2.05) is 0 Å². The quantitative estimate of drug-likeness (QED) is 0.278. The first-order chi connectivity index (χ1) is 16.6. The van der Waals surface area contributed by atoms with Crippen molar-refractivity contribution in [2.45, 2.75) is 12.3 Å². The van der Waals surface area contributed by atoms with E-state index in [0.29, 0.717) is 24.3 Å². The highest BCUT2D eigenvalue weighted by Gasteiger charge is 2.32. The second kappa shape index (κ2) is 12.0. The average Bonchev–Trinajstić information content (AvgIpc) is 2.77. The van der Waals surface area contributed by atoms with Crippen LogP contribution in [0.25, 0.3) is 0 Å². The predicted molar refractivity (Wildman–Crippen MR) is 107 cm³/mol. The molecule has 0 fully saturated rings. The molecule has 0 spiro atoms. The third kappa shape index (κ3) is 7.57. The molecule has 2 aromatic carbocycles. The molecule has 0 radical (unpaired) electrons. The fourth-order valence-corrected chi connectivity index (χ4v) is 2.27. The standard InChI is InChI=1S/2C6H2F2N2O4.C6H6F2/c2*7-3-1-2-4(9(11)12)6(5(3)8)10(13)14;7-6(8)4-2-1-3-5-6/h2*1-2H;1-4H,5H2. The van der Waals surface area contributed by atoms with Gasteiger partial charge in [0, 0.05) is 18.6 Å². The van der Waals surface area contributed by atoms with Crippen molar-refractivity contribution >= 4 is 22.7 Å². The number of hydrogen-bond acceptors (Lipinski definition) is 8. The Morgan fingerprint density at radius 1 is 0.639 bits per heavy atom. The van der Waals surface area contributed by atoms with E-state index in [1.165, 1.54) is 12.2 Å². The SMILES string of the molecule is FC1(F)C=CC=CC1.O=[N+]([O-])c1ccc(F)c(F)c1[N+](=O)[O-].O=[N+]([O-])c1ccc(F)c(F)c1[N+](=O)[O-]. The molecule has 36 heavy (non-hydrogen) atoms. The van der Waals surface area contributed by atoms with E-state index in [1.54, 1.807) is 6.08 Å². The van der Waals surface area contributed by atoms with Crippen LogP contribution in [0.15, 0.2) is 48.6 Å². The van der Waals surface area contributed by atoms with E-state index >= 15 is 0 Å². The summed E-state index contributed by atoms with van der Waals surface area (Å²) in [5.74, 6) is -9.24. The topological polar surface area (TPSA) is 173 Å². The summed E-state index contributed by atoms with van der Waals surface area (Å²) in [6.45, 7) is 0. The van der Waals surface area contributed by atoms with Gasteiger partial charge >= 0.3 is 22.7 Å². The van der Waals surface area contributed by atoms with Gasteiger partial charge in [-0.1, -0.05) is 18.2 Å². The number of benzene rings is 2. The largest absolute Gasteiger partial charge is 0.384 e. The lowest BCUT2D eigenvalue weighted by atomic mass is 10.1. The molecule has 0 aliphatic heterocycles. The van der Waals surface area contributed by atoms with Gasteiger partial charge in [-0.25, -0.2) is 17.6 Å². The van der Waals surface area contributed by atoms with E-state index in [-0.39, 0.29) is 6.42 Å². The average molecular weight is 524 g/mol. The maximum absolute atomic E-state index is 12.8. The fourth-order valence-electron chi connectivity index (χ4n) is 2.27. The molecule has 2 aromatic rings. The minimum atomic E-state index is -2.59. The van der Waals surface area contributed by atoms with Crippen molar-refractivity contribution in [3.63, 3.8) is 0 Å². The number of alkyl halides is 2. The Morgan fingerprint density at radius 2 is 1.03 bits per heavy atom. The van der Waals surface area contributed by atoms with Gasteiger partial charge in [0.1, 0.15) is 0 Å². The van der Waals surface area contributed by atoms with Crippen LogP contribution < -0.4 is 0 Å². The van der Waals surface area contributed by atoms with Crippen LogP contribution in [-0.2, 0) is 0 Å². The Balaban J connectivity index is 0.000000281. The first-order valence-corrected chi connectivity index (χ1v) is 8.86. The summed E-state index contributed by atoms with van der Waals surface area (Å²) in [7, 11) is 0. The number of hydrogen-bond donors (Lipinski definition) is 0. The van der Waals surface area contributed by atoms with Crippen LogP contribution in [0.1, 0.15) is 6.42 Å². The maximum Gasteiger partial charge on any atom is 0.384 e. The molecular weight excluding hydrogens is 514 g/mol. The van der Waals surface area contributed by atoms with Crippen molar-refractivity contribution in [3.8, 4) is 0 Å². The van der Waals surface area contributed by atoms with Gasteiger partial charge in [0.25, 0.3) is 5.92 Å². The summed E-state index contributed by atoms with van der Waals surface area (Å²) in [6.07, 6.45) is 5.21. The van der Waals surface area contributed by atoms with Crippen LogP contribution in [0.3, 0.4) is 0 Å². The van der Waals surface area contributed by atoms with Crippen molar-refractivity contribution in [2.24, 2.45) is 0 Å². The van der Waals surface area contributed by atoms with E-state index in [9.17, 15) is 66.8 Å². The number of allylic oxidation sites excluding steroid dienone is 4. The van der Waals surface area contributed by atoms with E-state index in [2.05, 4.69) is 0 Å². The van der Waals surface area contributed by atoms with Gasteiger partial charge in [0.2, 0.25) is 11.6 Å². The van der Waals surface area contributed by atoms with Gasteiger partial charge < -0.3 is 0 Å². The normalized spacial score (nSPS) is 12.9. The lowest BCUT2D eigenvalue weighted by molar-refractivity contribution is -0.424. The number of halogens is 6. The van der Waals surface area contributed by atoms with Gasteiger partial charge in [-0.2, -0.15) is 8.78 Å². The Bertz CT molecular complexity index is 1190. The number of nitro groups is 4. The lowest BCUT2D eigenvalue weighted by Gasteiger charge is -2.09. The monoisotopic (exact) mass is 524 g/mol. The molecule has 18 heteroatoms. The molecule has 0 saturated carbocycles. The van der Waals surface area contributed by atoms with Crippen LogP contribution in [0.4, 0.5) is 49.1 Å². The highest BCUT2D eigenvalue weighted by Crippen LogP contribution is 2.31. The summed E-state index contributed by atoms with van der Waals surface area (Å²) in [5, 5.41) is 40.8. The van der Waals surface area contributed by atoms with Crippen molar-refractivity contribution in [1.29, 1.82) is 0 Å². The molecular formula is C18H10F6N4O8. The molecule has 0 N–H and O–H groups in total. The summed E-state index contributed by atoms with van der Waals surface area (Å²) in [6, 6.07) is 1.99. The lowest BCUT2D eigenvalue weighted by Crippen LogP contribution is -2.11. The van der Waals surface area contributed by atoms with Crippen LogP contribution in [-0.4, -0.2) is 25.6 Å². The van der Waals surface area contributed by atoms with E-state index in [0.717, 1.165) is 6.08 Å². The molecule has 0 heterocycles. The van der Waals surface area contributed by atoms with Crippen LogP contribution in [0, 0.1) is 63.7 Å². The summed E-state index contributed by atoms with van der Waals surface area (Å²) in [4.78, 5) is 35.8. The summed E-state index contributed by atoms with van der Waals surface area (Å²) < 4.78 is 74.6. The molecule has 0 unspecified atom stereocenters. The van der Waals surface area contributed by atoms with Gasteiger partial charge in [0.05, 0.1) is 19.7 Å². The minimum absolute atomic E-state index is 0.149. The fraction of sp³-hybridized carbons (Fsp3) is 0.111. The Kier molecular flexibility index (Phi) is 9.71. The third-order valence-corrected chi connectivity index (χ3v) is 3.83. The first-order valence-electron chi connectivity index (χ1n) is 8.86. The molecule has 0 aromatic heterocycles. The molecule has 0 atom stereocenters. The highest BCUT2D eigenvalue weighted by atomic mass is 19.3. The third-order valence-electron chi connectivity index (χ3n) is 3.83. The van der Waals surface area contributed by atoms with Crippen molar-refractivity contribution < 1.29 is 46.0 Å². The second-order valence-electron chi connectivity index (χ2n) is 6.24. The van der Waals surface area contributed by atoms with Crippen molar-refractivity contribution in [3.05, 3.63) is 112 Å². The highest BCUT2D eigenvalue weighted by molar-refractivity contribution is 5.54. The second-order valence-corrected chi connectivity index (χ2v) is 6.24. The number of nitrogens with zero attached hydrogens (tertiary/aromatic N) is 4. The summed E-state index contributed by atoms with van der Waals surface area (Å²) in [5.41, 5.74) is -5.08. The van der Waals surface area contributed by atoms with Crippen molar-refractivity contribution in [1.82, 2.24) is 0 Å². The van der Waals surface area contributed by atoms with E-state index < -0.39 is 71.6 Å². The molecule has 12 nitrogen and oxygen atoms in total. The minimum Gasteiger partial charge on any atom is -0.258 e. The van der Waals surface area contributed by atoms with Crippen molar-refractivity contribution in [2.75, 3.05) is 0 Å². The smallest absolute Gasteiger partial charge is 0.258 e. The van der Waals surface area contributed by atoms with Gasteiger partial charge in [-0.05, 0) is 18.2 Å². The van der Waals surface area contributed by atoms with Crippen LogP contribution >= 0.6 is 0 Å². The number of nitro benzene ring substituents is 4. The Labute approximate surface area is 194 Å². The summed E-state index contributed by atoms with van der Waals surface area (Å²) >= 11 is 0. The van der Waals surface area contributed by atoms with Gasteiger partial charge in [-0.15, -0.1) is 0 Å². The Hall–Kier alpha value is -4.90. The van der Waals surface area contributed by atoms with Crippen LogP contribution in [0.2, 0.25) is 0 Å². The van der Waals surface area contributed by atoms with Gasteiger partial charge in [-0.3, -0.25) is 40.5 Å². The zero-order valence-corrected chi connectivity index (χ0v) is 17.1. The molecule has 0 saturated heterocycles. The number of rotatable bonds is 4. The van der Waals surface area contributed by atoms with E-state index in [4.69, 9.17) is 0 Å².